The lowest BCUT2D eigenvalue weighted by Gasteiger charge is -2.04. The molecule has 4 rings (SSSR count). The number of nitrogens with zero attached hydrogens (tertiary/aromatic N) is 3. The first kappa shape index (κ1) is 15.7. The number of benzene rings is 1. The minimum absolute atomic E-state index is 0.403. The molecule has 4 aromatic rings. The summed E-state index contributed by atoms with van der Waals surface area (Å²) < 4.78 is 11.1. The summed E-state index contributed by atoms with van der Waals surface area (Å²) in [5.41, 5.74) is 9.78. The third kappa shape index (κ3) is 2.77. The highest BCUT2D eigenvalue weighted by Crippen LogP contribution is 2.41. The van der Waals surface area contributed by atoms with Gasteiger partial charge < -0.3 is 14.9 Å². The Morgan fingerprint density at radius 2 is 1.92 bits per heavy atom. The monoisotopic (exact) mass is 352 g/mol. The second-order valence-electron chi connectivity index (χ2n) is 5.66. The number of thiophene rings is 1. The van der Waals surface area contributed by atoms with Crippen LogP contribution < -0.4 is 5.73 Å². The zero-order chi connectivity index (χ0) is 17.4. The van der Waals surface area contributed by atoms with Crippen molar-refractivity contribution >= 4 is 27.2 Å². The van der Waals surface area contributed by atoms with E-state index in [-0.39, 0.29) is 0 Å². The molecule has 3 aromatic heterocycles. The standard InChI is InChI=1S/C18H16N4O2S/c1-10-8-12(9-23-2)13-14(19)15(25-18(13)20-10)17-22-21-16(24-17)11-6-4-3-5-7-11/h3-8H,9,19H2,1-2H3. The van der Waals surface area contributed by atoms with E-state index in [2.05, 4.69) is 15.2 Å². The van der Waals surface area contributed by atoms with Crippen LogP contribution in [0.1, 0.15) is 11.3 Å². The van der Waals surface area contributed by atoms with Crippen LogP contribution in [0.5, 0.6) is 0 Å². The number of fused-ring (bicyclic) bond motifs is 1. The van der Waals surface area contributed by atoms with E-state index < -0.39 is 0 Å². The molecule has 0 saturated heterocycles. The van der Waals surface area contributed by atoms with Gasteiger partial charge in [-0.05, 0) is 30.7 Å². The number of anilines is 1. The van der Waals surface area contributed by atoms with Gasteiger partial charge in [-0.3, -0.25) is 0 Å². The highest BCUT2D eigenvalue weighted by molar-refractivity contribution is 7.22. The molecule has 2 N–H and O–H groups in total. The van der Waals surface area contributed by atoms with Crippen molar-refractivity contribution < 1.29 is 9.15 Å². The van der Waals surface area contributed by atoms with Crippen LogP contribution in [-0.4, -0.2) is 22.3 Å². The van der Waals surface area contributed by atoms with Crippen molar-refractivity contribution in [3.8, 4) is 22.2 Å². The SMILES string of the molecule is COCc1cc(C)nc2sc(-c3nnc(-c4ccccc4)o3)c(N)c12. The van der Waals surface area contributed by atoms with Gasteiger partial charge in [-0.1, -0.05) is 18.2 Å². The van der Waals surface area contributed by atoms with Gasteiger partial charge in [-0.15, -0.1) is 21.5 Å². The maximum Gasteiger partial charge on any atom is 0.260 e. The lowest BCUT2D eigenvalue weighted by Crippen LogP contribution is -1.94. The fourth-order valence-corrected chi connectivity index (χ4v) is 3.89. The lowest BCUT2D eigenvalue weighted by molar-refractivity contribution is 0.186. The number of aromatic nitrogens is 3. The van der Waals surface area contributed by atoms with Gasteiger partial charge in [0.05, 0.1) is 12.3 Å². The smallest absolute Gasteiger partial charge is 0.260 e. The minimum Gasteiger partial charge on any atom is -0.415 e. The predicted octanol–water partition coefficient (Wildman–Crippen LogP) is 4.05. The Hall–Kier alpha value is -2.77. The summed E-state index contributed by atoms with van der Waals surface area (Å²) in [6.45, 7) is 2.42. The number of pyridine rings is 1. The molecular weight excluding hydrogens is 336 g/mol. The third-order valence-electron chi connectivity index (χ3n) is 3.85. The number of hydrogen-bond donors (Lipinski definition) is 1. The van der Waals surface area contributed by atoms with Crippen molar-refractivity contribution in [2.75, 3.05) is 12.8 Å². The zero-order valence-electron chi connectivity index (χ0n) is 13.8. The van der Waals surface area contributed by atoms with Crippen molar-refractivity contribution in [3.63, 3.8) is 0 Å². The number of ether oxygens (including phenoxy) is 1. The van der Waals surface area contributed by atoms with Crippen LogP contribution in [0.25, 0.3) is 32.4 Å². The van der Waals surface area contributed by atoms with Crippen molar-refractivity contribution in [2.24, 2.45) is 0 Å². The summed E-state index contributed by atoms with van der Waals surface area (Å²) in [5.74, 6) is 0.870. The molecule has 3 heterocycles. The first-order valence-corrected chi connectivity index (χ1v) is 8.55. The quantitative estimate of drug-likeness (QED) is 0.596. The Kier molecular flexibility index (Phi) is 3.95. The molecule has 25 heavy (non-hydrogen) atoms. The summed E-state index contributed by atoms with van der Waals surface area (Å²) >= 11 is 1.45. The molecule has 0 atom stereocenters. The van der Waals surface area contributed by atoms with Crippen molar-refractivity contribution in [1.82, 2.24) is 15.2 Å². The molecule has 0 aliphatic carbocycles. The van der Waals surface area contributed by atoms with Crippen LogP contribution in [0, 0.1) is 6.92 Å². The molecule has 6 nitrogen and oxygen atoms in total. The van der Waals surface area contributed by atoms with E-state index in [4.69, 9.17) is 14.9 Å². The summed E-state index contributed by atoms with van der Waals surface area (Å²) in [6.07, 6.45) is 0. The molecule has 7 heteroatoms. The maximum atomic E-state index is 6.39. The third-order valence-corrected chi connectivity index (χ3v) is 4.94. The summed E-state index contributed by atoms with van der Waals surface area (Å²) in [4.78, 5) is 6.17. The molecule has 126 valence electrons. The largest absolute Gasteiger partial charge is 0.415 e. The minimum atomic E-state index is 0.403. The van der Waals surface area contributed by atoms with Gasteiger partial charge in [0.15, 0.2) is 0 Å². The first-order chi connectivity index (χ1) is 12.2. The fraction of sp³-hybridized carbons (Fsp3) is 0.167. The molecule has 0 aliphatic rings. The summed E-state index contributed by atoms with van der Waals surface area (Å²) in [6, 6.07) is 11.6. The fourth-order valence-electron chi connectivity index (χ4n) is 2.78. The van der Waals surface area contributed by atoms with E-state index in [9.17, 15) is 0 Å². The van der Waals surface area contributed by atoms with Crippen molar-refractivity contribution in [3.05, 3.63) is 47.7 Å². The molecule has 0 amide bonds. The maximum absolute atomic E-state index is 6.39. The molecule has 0 radical (unpaired) electrons. The molecule has 0 spiro atoms. The van der Waals surface area contributed by atoms with Crippen LogP contribution >= 0.6 is 11.3 Å². The van der Waals surface area contributed by atoms with Gasteiger partial charge in [0.2, 0.25) is 5.89 Å². The topological polar surface area (TPSA) is 87.1 Å². The lowest BCUT2D eigenvalue weighted by atomic mass is 10.1. The molecule has 0 unspecified atom stereocenters. The Morgan fingerprint density at radius 1 is 1.16 bits per heavy atom. The van der Waals surface area contributed by atoms with Gasteiger partial charge in [-0.25, -0.2) is 4.98 Å². The van der Waals surface area contributed by atoms with E-state index in [0.29, 0.717) is 24.1 Å². The van der Waals surface area contributed by atoms with Gasteiger partial charge in [0, 0.05) is 23.8 Å². The highest BCUT2D eigenvalue weighted by atomic mass is 32.1. The van der Waals surface area contributed by atoms with Gasteiger partial charge >= 0.3 is 0 Å². The van der Waals surface area contributed by atoms with Crippen molar-refractivity contribution in [1.29, 1.82) is 0 Å². The van der Waals surface area contributed by atoms with Gasteiger partial charge in [-0.2, -0.15) is 0 Å². The molecule has 0 fully saturated rings. The number of nitrogens with two attached hydrogens (primary N) is 1. The molecule has 0 saturated carbocycles. The van der Waals surface area contributed by atoms with Crippen LogP contribution in [0.3, 0.4) is 0 Å². The van der Waals surface area contributed by atoms with E-state index in [1.807, 2.05) is 43.3 Å². The molecule has 1 aromatic carbocycles. The van der Waals surface area contributed by atoms with Crippen LogP contribution in [0.4, 0.5) is 5.69 Å². The predicted molar refractivity (Wildman–Crippen MR) is 98.2 cm³/mol. The Labute approximate surface area is 148 Å². The number of hydrogen-bond acceptors (Lipinski definition) is 7. The number of methoxy groups -OCH3 is 1. The Morgan fingerprint density at radius 3 is 2.68 bits per heavy atom. The number of aryl methyl sites for hydroxylation is 1. The summed E-state index contributed by atoms with van der Waals surface area (Å²) in [5, 5.41) is 9.21. The van der Waals surface area contributed by atoms with Crippen LogP contribution in [0.2, 0.25) is 0 Å². The molecular formula is C18H16N4O2S. The van der Waals surface area contributed by atoms with E-state index >= 15 is 0 Å². The average molecular weight is 352 g/mol. The number of nitrogen functional groups attached to an aromatic ring is 1. The van der Waals surface area contributed by atoms with E-state index in [1.54, 1.807) is 7.11 Å². The first-order valence-electron chi connectivity index (χ1n) is 7.74. The van der Waals surface area contributed by atoms with Crippen LogP contribution in [0.15, 0.2) is 40.8 Å². The molecule has 0 aliphatic heterocycles. The van der Waals surface area contributed by atoms with Crippen LogP contribution in [-0.2, 0) is 11.3 Å². The Bertz CT molecular complexity index is 1040. The zero-order valence-corrected chi connectivity index (χ0v) is 14.6. The average Bonchev–Trinajstić information content (AvgIpc) is 3.21. The van der Waals surface area contributed by atoms with Crippen molar-refractivity contribution in [2.45, 2.75) is 13.5 Å². The Balaban J connectivity index is 1.84. The van der Waals surface area contributed by atoms with Gasteiger partial charge in [0.1, 0.15) is 9.71 Å². The number of rotatable bonds is 4. The second-order valence-corrected chi connectivity index (χ2v) is 6.66. The van der Waals surface area contributed by atoms with Gasteiger partial charge in [0.25, 0.3) is 5.89 Å². The molecule has 0 bridgehead atoms. The second kappa shape index (κ2) is 6.27. The highest BCUT2D eigenvalue weighted by Gasteiger charge is 2.20. The summed E-state index contributed by atoms with van der Waals surface area (Å²) in [7, 11) is 1.66. The van der Waals surface area contributed by atoms with E-state index in [0.717, 1.165) is 31.9 Å². The normalized spacial score (nSPS) is 11.3. The van der Waals surface area contributed by atoms with E-state index in [1.165, 1.54) is 11.3 Å².